The summed E-state index contributed by atoms with van der Waals surface area (Å²) in [5.41, 5.74) is 0. The van der Waals surface area contributed by atoms with Gasteiger partial charge in [-0.05, 0) is 11.5 Å². The summed E-state index contributed by atoms with van der Waals surface area (Å²) < 4.78 is 7.83. The Labute approximate surface area is 136 Å². The van der Waals surface area contributed by atoms with Gasteiger partial charge in [0, 0.05) is 23.7 Å². The maximum absolute atomic E-state index is 10.3. The number of hydrogen-bond acceptors (Lipinski definition) is 3. The molecule has 0 saturated carbocycles. The van der Waals surface area contributed by atoms with Gasteiger partial charge in [0.05, 0.1) is 6.54 Å². The molecule has 23 heavy (non-hydrogen) atoms. The molecule has 1 atom stereocenters. The van der Waals surface area contributed by atoms with Gasteiger partial charge < -0.3 is 14.4 Å². The summed E-state index contributed by atoms with van der Waals surface area (Å²) in [6.45, 7) is 4.93. The predicted octanol–water partition coefficient (Wildman–Crippen LogP) is 3.60. The Hall–Kier alpha value is -2.33. The number of hydrogen-bond donors (Lipinski definition) is 1. The number of aliphatic hydroxyl groups excluding tert-OH is 1. The Morgan fingerprint density at radius 3 is 2.74 bits per heavy atom. The van der Waals surface area contributed by atoms with Crippen LogP contribution in [0.4, 0.5) is 0 Å². The van der Waals surface area contributed by atoms with E-state index in [1.54, 1.807) is 6.20 Å². The summed E-state index contributed by atoms with van der Waals surface area (Å²) in [7, 11) is 0. The van der Waals surface area contributed by atoms with E-state index in [9.17, 15) is 5.11 Å². The van der Waals surface area contributed by atoms with Crippen LogP contribution in [0, 0.1) is 0 Å². The van der Waals surface area contributed by atoms with Crippen molar-refractivity contribution in [3.05, 3.63) is 60.7 Å². The first-order chi connectivity index (χ1) is 11.1. The van der Waals surface area contributed by atoms with Crippen LogP contribution in [0.25, 0.3) is 10.8 Å². The fourth-order valence-electron chi connectivity index (χ4n) is 2.76. The number of nitrogens with zero attached hydrogens (tertiary/aromatic N) is 2. The Morgan fingerprint density at radius 1 is 1.13 bits per heavy atom. The summed E-state index contributed by atoms with van der Waals surface area (Å²) in [5, 5.41) is 12.5. The molecule has 0 aliphatic carbocycles. The van der Waals surface area contributed by atoms with E-state index in [4.69, 9.17) is 4.74 Å². The van der Waals surface area contributed by atoms with Gasteiger partial charge in [0.1, 0.15) is 24.3 Å². The molecular weight excluding hydrogens is 288 g/mol. The number of fused-ring (bicyclic) bond motifs is 1. The quantitative estimate of drug-likeness (QED) is 0.757. The maximum Gasteiger partial charge on any atom is 0.127 e. The van der Waals surface area contributed by atoms with E-state index in [0.717, 1.165) is 22.3 Å². The van der Waals surface area contributed by atoms with Crippen molar-refractivity contribution in [2.45, 2.75) is 32.4 Å². The summed E-state index contributed by atoms with van der Waals surface area (Å²) in [6, 6.07) is 14.0. The molecule has 0 radical (unpaired) electrons. The highest BCUT2D eigenvalue weighted by Crippen LogP contribution is 2.25. The third-order valence-corrected chi connectivity index (χ3v) is 3.85. The zero-order chi connectivity index (χ0) is 16.2. The van der Waals surface area contributed by atoms with E-state index >= 15 is 0 Å². The molecule has 2 aromatic carbocycles. The van der Waals surface area contributed by atoms with Gasteiger partial charge >= 0.3 is 0 Å². The molecule has 3 aromatic rings. The lowest BCUT2D eigenvalue weighted by Crippen LogP contribution is -2.24. The minimum Gasteiger partial charge on any atom is -0.490 e. The van der Waals surface area contributed by atoms with Crippen molar-refractivity contribution in [2.75, 3.05) is 6.61 Å². The number of rotatable bonds is 6. The molecule has 3 rings (SSSR count). The third-order valence-electron chi connectivity index (χ3n) is 3.85. The summed E-state index contributed by atoms with van der Waals surface area (Å²) >= 11 is 0. The first kappa shape index (κ1) is 15.6. The smallest absolute Gasteiger partial charge is 0.127 e. The molecule has 0 aliphatic rings. The molecule has 0 saturated heterocycles. The molecule has 0 aliphatic heterocycles. The third kappa shape index (κ3) is 3.54. The Balaban J connectivity index is 1.66. The predicted molar refractivity (Wildman–Crippen MR) is 91.8 cm³/mol. The first-order valence-corrected chi connectivity index (χ1v) is 7.95. The van der Waals surface area contributed by atoms with Gasteiger partial charge in [-0.3, -0.25) is 0 Å². The van der Waals surface area contributed by atoms with Crippen molar-refractivity contribution in [3.63, 3.8) is 0 Å². The van der Waals surface area contributed by atoms with E-state index in [2.05, 4.69) is 31.0 Å². The van der Waals surface area contributed by atoms with Crippen LogP contribution in [0.5, 0.6) is 5.75 Å². The van der Waals surface area contributed by atoms with Crippen LogP contribution in [0.2, 0.25) is 0 Å². The highest BCUT2D eigenvalue weighted by atomic mass is 16.5. The molecule has 4 heteroatoms. The van der Waals surface area contributed by atoms with Crippen LogP contribution >= 0.6 is 0 Å². The molecule has 1 unspecified atom stereocenters. The minimum atomic E-state index is -0.583. The Morgan fingerprint density at radius 2 is 1.91 bits per heavy atom. The number of aromatic nitrogens is 2. The lowest BCUT2D eigenvalue weighted by atomic mass is 10.1. The van der Waals surface area contributed by atoms with Crippen molar-refractivity contribution in [1.29, 1.82) is 0 Å². The molecule has 1 aromatic heterocycles. The van der Waals surface area contributed by atoms with Gasteiger partial charge in [-0.1, -0.05) is 50.2 Å². The SMILES string of the molecule is CC(C)c1nccn1CC(O)COc1cccc2ccccc12. The fraction of sp³-hybridized carbons (Fsp3) is 0.316. The van der Waals surface area contributed by atoms with Crippen molar-refractivity contribution in [3.8, 4) is 5.75 Å². The Bertz CT molecular complexity index is 774. The maximum atomic E-state index is 10.3. The largest absolute Gasteiger partial charge is 0.490 e. The van der Waals surface area contributed by atoms with Gasteiger partial charge in [0.2, 0.25) is 0 Å². The first-order valence-electron chi connectivity index (χ1n) is 7.95. The molecule has 0 fully saturated rings. The molecule has 1 heterocycles. The average Bonchev–Trinajstić information content (AvgIpc) is 3.01. The van der Waals surface area contributed by atoms with E-state index in [-0.39, 0.29) is 6.61 Å². The summed E-state index contributed by atoms with van der Waals surface area (Å²) in [6.07, 6.45) is 3.09. The monoisotopic (exact) mass is 310 g/mol. The molecule has 0 spiro atoms. The van der Waals surface area contributed by atoms with Gasteiger partial charge in [-0.2, -0.15) is 0 Å². The highest BCUT2D eigenvalue weighted by molar-refractivity contribution is 5.88. The fourth-order valence-corrected chi connectivity index (χ4v) is 2.76. The zero-order valence-corrected chi connectivity index (χ0v) is 13.5. The number of benzene rings is 2. The van der Waals surface area contributed by atoms with Gasteiger partial charge in [0.25, 0.3) is 0 Å². The topological polar surface area (TPSA) is 47.3 Å². The molecule has 0 bridgehead atoms. The van der Waals surface area contributed by atoms with Crippen LogP contribution in [-0.4, -0.2) is 27.4 Å². The summed E-state index contributed by atoms with van der Waals surface area (Å²) in [4.78, 5) is 4.34. The van der Waals surface area contributed by atoms with Crippen molar-refractivity contribution in [1.82, 2.24) is 9.55 Å². The lowest BCUT2D eigenvalue weighted by Gasteiger charge is -2.16. The van der Waals surface area contributed by atoms with Crippen molar-refractivity contribution < 1.29 is 9.84 Å². The Kier molecular flexibility index (Phi) is 4.63. The zero-order valence-electron chi connectivity index (χ0n) is 13.5. The van der Waals surface area contributed by atoms with Gasteiger partial charge in [-0.25, -0.2) is 4.98 Å². The van der Waals surface area contributed by atoms with Gasteiger partial charge in [-0.15, -0.1) is 0 Å². The molecule has 120 valence electrons. The second-order valence-corrected chi connectivity index (χ2v) is 6.03. The minimum absolute atomic E-state index is 0.254. The van der Waals surface area contributed by atoms with Crippen LogP contribution in [0.3, 0.4) is 0 Å². The summed E-state index contributed by atoms with van der Waals surface area (Å²) in [5.74, 6) is 2.11. The number of imidazole rings is 1. The van der Waals surface area contributed by atoms with Crippen LogP contribution < -0.4 is 4.74 Å². The normalized spacial score (nSPS) is 12.7. The highest BCUT2D eigenvalue weighted by Gasteiger charge is 2.12. The number of aliphatic hydroxyl groups is 1. The molecule has 4 nitrogen and oxygen atoms in total. The standard InChI is InChI=1S/C19H22N2O2/c1-14(2)19-20-10-11-21(19)12-16(22)13-23-18-9-5-7-15-6-3-4-8-17(15)18/h3-11,14,16,22H,12-13H2,1-2H3. The van der Waals surface area contributed by atoms with Crippen LogP contribution in [-0.2, 0) is 6.54 Å². The second kappa shape index (κ2) is 6.84. The van der Waals surface area contributed by atoms with Crippen LogP contribution in [0.15, 0.2) is 54.9 Å². The molecule has 1 N–H and O–H groups in total. The molecular formula is C19H22N2O2. The lowest BCUT2D eigenvalue weighted by molar-refractivity contribution is 0.0923. The average molecular weight is 310 g/mol. The molecule has 0 amide bonds. The van der Waals surface area contributed by atoms with E-state index in [1.165, 1.54) is 0 Å². The second-order valence-electron chi connectivity index (χ2n) is 6.03. The van der Waals surface area contributed by atoms with E-state index < -0.39 is 6.10 Å². The van der Waals surface area contributed by atoms with E-state index in [1.807, 2.05) is 41.1 Å². The van der Waals surface area contributed by atoms with Crippen molar-refractivity contribution >= 4 is 10.8 Å². The van der Waals surface area contributed by atoms with Gasteiger partial charge in [0.15, 0.2) is 0 Å². The van der Waals surface area contributed by atoms with Crippen molar-refractivity contribution in [2.24, 2.45) is 0 Å². The van der Waals surface area contributed by atoms with E-state index in [0.29, 0.717) is 12.5 Å². The number of ether oxygens (including phenoxy) is 1. The van der Waals surface area contributed by atoms with Crippen LogP contribution in [0.1, 0.15) is 25.6 Å².